The highest BCUT2D eigenvalue weighted by atomic mass is 16.4. The first-order chi connectivity index (χ1) is 8.84. The predicted octanol–water partition coefficient (Wildman–Crippen LogP) is 3.24. The molecule has 2 aromatic rings. The third-order valence-electron chi connectivity index (χ3n) is 4.00. The Kier molecular flexibility index (Phi) is 3.53. The van der Waals surface area contributed by atoms with Crippen molar-refractivity contribution in [3.63, 3.8) is 0 Å². The van der Waals surface area contributed by atoms with Gasteiger partial charge in [0.2, 0.25) is 11.8 Å². The summed E-state index contributed by atoms with van der Waals surface area (Å²) in [7, 11) is 0. The number of aryl methyl sites for hydroxylation is 1. The average Bonchev–Trinajstić information content (AvgIpc) is 2.73. The van der Waals surface area contributed by atoms with Gasteiger partial charge in [0.05, 0.1) is 0 Å². The van der Waals surface area contributed by atoms with Gasteiger partial charge in [0.15, 0.2) is 6.71 Å². The fourth-order valence-electron chi connectivity index (χ4n) is 2.93. The first-order valence-electron chi connectivity index (χ1n) is 6.75. The number of rotatable bonds is 2. The lowest BCUT2D eigenvalue weighted by atomic mass is 9.46. The Balaban J connectivity index is 2.77. The highest BCUT2D eigenvalue weighted by Gasteiger charge is 2.21. The minimum absolute atomic E-state index is 0.524. The minimum Gasteiger partial charge on any atom is -0.421 e. The van der Waals surface area contributed by atoms with E-state index in [1.54, 1.807) is 0 Å². The van der Waals surface area contributed by atoms with E-state index < -0.39 is 0 Å². The molecule has 19 heavy (non-hydrogen) atoms. The molecule has 3 nitrogen and oxygen atoms in total. The Morgan fingerprint density at radius 2 is 1.32 bits per heavy atom. The Bertz CT molecular complexity index is 600. The summed E-state index contributed by atoms with van der Waals surface area (Å²) in [5.41, 5.74) is 7.70. The van der Waals surface area contributed by atoms with Crippen molar-refractivity contribution in [3.8, 4) is 11.5 Å². The number of hydrogen-bond donors (Lipinski definition) is 0. The van der Waals surface area contributed by atoms with Crippen LogP contribution in [0.2, 0.25) is 13.6 Å². The molecule has 1 aromatic heterocycles. The van der Waals surface area contributed by atoms with Gasteiger partial charge in [-0.2, -0.15) is 0 Å². The Morgan fingerprint density at radius 3 is 1.68 bits per heavy atom. The zero-order valence-corrected chi connectivity index (χ0v) is 12.9. The third kappa shape index (κ3) is 2.20. The first kappa shape index (κ1) is 13.8. The molecule has 1 heterocycles. The fraction of sp³-hybridized carbons (Fsp3) is 0.467. The molecule has 100 valence electrons. The Hall–Kier alpha value is -1.58. The molecule has 0 aliphatic carbocycles. The van der Waals surface area contributed by atoms with Crippen molar-refractivity contribution in [3.05, 3.63) is 28.1 Å². The normalized spacial score (nSPS) is 10.9. The van der Waals surface area contributed by atoms with Crippen LogP contribution in [-0.4, -0.2) is 16.9 Å². The summed E-state index contributed by atoms with van der Waals surface area (Å²) in [6.07, 6.45) is 0. The molecule has 0 N–H and O–H groups in total. The molecule has 0 saturated heterocycles. The Morgan fingerprint density at radius 1 is 0.789 bits per heavy atom. The van der Waals surface area contributed by atoms with Crippen LogP contribution >= 0.6 is 0 Å². The number of benzene rings is 1. The number of aromatic nitrogens is 2. The molecule has 0 aliphatic heterocycles. The van der Waals surface area contributed by atoms with Crippen molar-refractivity contribution in [2.75, 3.05) is 0 Å². The van der Waals surface area contributed by atoms with Gasteiger partial charge < -0.3 is 4.42 Å². The monoisotopic (exact) mass is 256 g/mol. The molecule has 4 heteroatoms. The molecule has 0 atom stereocenters. The summed E-state index contributed by atoms with van der Waals surface area (Å²) in [5.74, 6) is 1.24. The Labute approximate surface area is 115 Å². The van der Waals surface area contributed by atoms with E-state index in [2.05, 4.69) is 51.5 Å². The van der Waals surface area contributed by atoms with Crippen molar-refractivity contribution in [1.29, 1.82) is 0 Å². The van der Waals surface area contributed by atoms with Crippen LogP contribution in [-0.2, 0) is 0 Å². The van der Waals surface area contributed by atoms with E-state index in [1.807, 2.05) is 6.92 Å². The average molecular weight is 256 g/mol. The van der Waals surface area contributed by atoms with Gasteiger partial charge >= 0.3 is 0 Å². The highest BCUT2D eigenvalue weighted by molar-refractivity contribution is 6.71. The summed E-state index contributed by atoms with van der Waals surface area (Å²) in [5, 5.41) is 8.12. The molecule has 0 saturated carbocycles. The molecular formula is C15H21BN2O. The van der Waals surface area contributed by atoms with E-state index in [1.165, 1.54) is 27.7 Å². The molecule has 1 aromatic carbocycles. The molecule has 0 amide bonds. The van der Waals surface area contributed by atoms with Crippen molar-refractivity contribution in [1.82, 2.24) is 10.2 Å². The summed E-state index contributed by atoms with van der Waals surface area (Å²) in [6.45, 7) is 15.5. The molecule has 0 spiro atoms. The largest absolute Gasteiger partial charge is 0.421 e. The molecule has 0 aliphatic rings. The van der Waals surface area contributed by atoms with Crippen LogP contribution in [0.15, 0.2) is 4.42 Å². The van der Waals surface area contributed by atoms with Crippen LogP contribution in [0, 0.1) is 34.6 Å². The number of nitrogens with zero attached hydrogens (tertiary/aromatic N) is 2. The summed E-state index contributed by atoms with van der Waals surface area (Å²) in [6, 6.07) is 0. The van der Waals surface area contributed by atoms with Crippen molar-refractivity contribution in [2.45, 2.75) is 48.3 Å². The van der Waals surface area contributed by atoms with Gasteiger partial charge in [-0.1, -0.05) is 30.2 Å². The minimum atomic E-state index is 0.524. The van der Waals surface area contributed by atoms with Crippen molar-refractivity contribution in [2.24, 2.45) is 0 Å². The van der Waals surface area contributed by atoms with Crippen molar-refractivity contribution < 1.29 is 4.42 Å². The summed E-state index contributed by atoms with van der Waals surface area (Å²) >= 11 is 0. The van der Waals surface area contributed by atoms with E-state index in [9.17, 15) is 0 Å². The molecule has 0 unspecified atom stereocenters. The quantitative estimate of drug-likeness (QED) is 0.774. The van der Waals surface area contributed by atoms with Gasteiger partial charge in [0.1, 0.15) is 0 Å². The molecule has 0 radical (unpaired) electrons. The van der Waals surface area contributed by atoms with E-state index >= 15 is 0 Å². The van der Waals surface area contributed by atoms with Crippen molar-refractivity contribution >= 4 is 12.2 Å². The van der Waals surface area contributed by atoms with E-state index in [4.69, 9.17) is 4.42 Å². The summed E-state index contributed by atoms with van der Waals surface area (Å²) < 4.78 is 5.62. The van der Waals surface area contributed by atoms with Crippen LogP contribution in [0.3, 0.4) is 0 Å². The SMILES string of the molecule is CB(C)c1c(C)c(C)c(-c2nnc(C)o2)c(C)c1C. The highest BCUT2D eigenvalue weighted by Crippen LogP contribution is 2.30. The zero-order chi connectivity index (χ0) is 14.3. The van der Waals surface area contributed by atoms with Gasteiger partial charge in [0.25, 0.3) is 0 Å². The van der Waals surface area contributed by atoms with Crippen LogP contribution in [0.5, 0.6) is 0 Å². The number of hydrogen-bond acceptors (Lipinski definition) is 3. The maximum atomic E-state index is 5.62. The van der Waals surface area contributed by atoms with E-state index in [0.717, 1.165) is 5.56 Å². The van der Waals surface area contributed by atoms with Gasteiger partial charge in [-0.3, -0.25) is 0 Å². The van der Waals surface area contributed by atoms with Gasteiger partial charge in [0, 0.05) is 12.5 Å². The van der Waals surface area contributed by atoms with Crippen LogP contribution in [0.4, 0.5) is 0 Å². The second-order valence-electron chi connectivity index (χ2n) is 5.57. The van der Waals surface area contributed by atoms with E-state index in [-0.39, 0.29) is 0 Å². The zero-order valence-electron chi connectivity index (χ0n) is 12.9. The first-order valence-corrected chi connectivity index (χ1v) is 6.75. The van der Waals surface area contributed by atoms with Crippen LogP contribution in [0.25, 0.3) is 11.5 Å². The van der Waals surface area contributed by atoms with E-state index in [0.29, 0.717) is 18.5 Å². The molecular weight excluding hydrogens is 235 g/mol. The predicted molar refractivity (Wildman–Crippen MR) is 80.5 cm³/mol. The maximum Gasteiger partial charge on any atom is 0.248 e. The van der Waals surface area contributed by atoms with Gasteiger partial charge in [-0.05, 0) is 38.8 Å². The lowest BCUT2D eigenvalue weighted by Crippen LogP contribution is -2.30. The molecule has 0 bridgehead atoms. The second-order valence-corrected chi connectivity index (χ2v) is 5.57. The molecule has 0 fully saturated rings. The molecule has 2 rings (SSSR count). The van der Waals surface area contributed by atoms with Crippen LogP contribution < -0.4 is 5.46 Å². The standard InChI is InChI=1S/C15H21BN2O/c1-8-10(3)14(16(6)7)11(4)9(2)13(8)15-18-17-12(5)19-15/h1-7H3. The fourth-order valence-corrected chi connectivity index (χ4v) is 2.93. The van der Waals surface area contributed by atoms with Crippen LogP contribution in [0.1, 0.15) is 28.1 Å². The smallest absolute Gasteiger partial charge is 0.248 e. The third-order valence-corrected chi connectivity index (χ3v) is 4.00. The topological polar surface area (TPSA) is 38.9 Å². The maximum absolute atomic E-state index is 5.62. The lowest BCUT2D eigenvalue weighted by Gasteiger charge is -2.20. The summed E-state index contributed by atoms with van der Waals surface area (Å²) in [4.78, 5) is 0. The second kappa shape index (κ2) is 4.84. The van der Waals surface area contributed by atoms with Gasteiger partial charge in [-0.15, -0.1) is 10.2 Å². The lowest BCUT2D eigenvalue weighted by molar-refractivity contribution is 0.532. The van der Waals surface area contributed by atoms with Gasteiger partial charge in [-0.25, -0.2) is 0 Å².